The van der Waals surface area contributed by atoms with E-state index in [-0.39, 0.29) is 18.4 Å². The van der Waals surface area contributed by atoms with Gasteiger partial charge in [-0.3, -0.25) is 0 Å². The van der Waals surface area contributed by atoms with Crippen LogP contribution >= 0.6 is 12.4 Å². The Hall–Kier alpha value is -0.580. The van der Waals surface area contributed by atoms with E-state index in [1.807, 2.05) is 19.0 Å². The van der Waals surface area contributed by atoms with E-state index in [1.165, 1.54) is 89.9 Å². The molecule has 0 atom stereocenters. The van der Waals surface area contributed by atoms with Crippen LogP contribution < -0.4 is 5.73 Å². The molecule has 0 aliphatic heterocycles. The molecule has 0 unspecified atom stereocenters. The fourth-order valence-electron chi connectivity index (χ4n) is 2.78. The first kappa shape index (κ1) is 33.1. The van der Waals surface area contributed by atoms with Crippen LogP contribution in [0.25, 0.3) is 0 Å². The monoisotopic (exact) mass is 434 g/mol. The highest BCUT2D eigenvalue weighted by atomic mass is 35.5. The average Bonchev–Trinajstić information content (AvgIpc) is 2.65. The largest absolute Gasteiger partial charge is 0.461 e. The standard InChI is InChI=1S/C16H35N.C8H15NO2.ClH/c1-2-3-4-5-6-7-8-9-10-11-12-13-14-15-16-17;1-7(2)8(10)11-6-5-9(3)4;/h2-17H2,1H3;1,5-6H2,2-4H3;1H. The first-order valence-corrected chi connectivity index (χ1v) is 11.6. The molecule has 0 spiro atoms. The highest BCUT2D eigenvalue weighted by Gasteiger charge is 2.01. The Balaban J connectivity index is -0.000000491. The minimum atomic E-state index is -0.313. The summed E-state index contributed by atoms with van der Waals surface area (Å²) >= 11 is 0. The maximum atomic E-state index is 10.8. The molecule has 0 radical (unpaired) electrons. The molecule has 0 aliphatic carbocycles. The van der Waals surface area contributed by atoms with Gasteiger partial charge in [0.25, 0.3) is 0 Å². The van der Waals surface area contributed by atoms with Crippen molar-refractivity contribution < 1.29 is 9.53 Å². The Morgan fingerprint density at radius 3 is 1.52 bits per heavy atom. The van der Waals surface area contributed by atoms with Crippen LogP contribution in [-0.2, 0) is 9.53 Å². The molecule has 0 aliphatic rings. The van der Waals surface area contributed by atoms with Crippen molar-refractivity contribution in [1.29, 1.82) is 0 Å². The van der Waals surface area contributed by atoms with E-state index in [0.29, 0.717) is 12.2 Å². The van der Waals surface area contributed by atoms with Gasteiger partial charge in [-0.25, -0.2) is 4.79 Å². The van der Waals surface area contributed by atoms with Gasteiger partial charge in [-0.15, -0.1) is 12.4 Å². The number of unbranched alkanes of at least 4 members (excludes halogenated alkanes) is 13. The molecule has 2 N–H and O–H groups in total. The van der Waals surface area contributed by atoms with Crippen LogP contribution in [0.3, 0.4) is 0 Å². The van der Waals surface area contributed by atoms with Crippen molar-refractivity contribution in [2.45, 2.75) is 104 Å². The van der Waals surface area contributed by atoms with Gasteiger partial charge in [0.15, 0.2) is 0 Å². The molecule has 0 aromatic rings. The fraction of sp³-hybridized carbons (Fsp3) is 0.875. The van der Waals surface area contributed by atoms with E-state index in [0.717, 1.165) is 13.1 Å². The van der Waals surface area contributed by atoms with Crippen molar-refractivity contribution in [2.75, 3.05) is 33.8 Å². The van der Waals surface area contributed by atoms with Crippen molar-refractivity contribution in [1.82, 2.24) is 4.90 Å². The van der Waals surface area contributed by atoms with Gasteiger partial charge in [0.2, 0.25) is 0 Å². The summed E-state index contributed by atoms with van der Waals surface area (Å²) in [5, 5.41) is 0. The minimum Gasteiger partial charge on any atom is -0.461 e. The summed E-state index contributed by atoms with van der Waals surface area (Å²) < 4.78 is 4.83. The second kappa shape index (κ2) is 27.4. The lowest BCUT2D eigenvalue weighted by molar-refractivity contribution is -0.139. The number of esters is 1. The first-order valence-electron chi connectivity index (χ1n) is 11.6. The van der Waals surface area contributed by atoms with Crippen molar-refractivity contribution >= 4 is 18.4 Å². The molecule has 5 heteroatoms. The second-order valence-corrected chi connectivity index (χ2v) is 8.10. The topological polar surface area (TPSA) is 55.6 Å². The van der Waals surface area contributed by atoms with Crippen molar-refractivity contribution in [3.63, 3.8) is 0 Å². The Bertz CT molecular complexity index is 336. The molecular formula is C24H51ClN2O2. The molecule has 0 rings (SSSR count). The third-order valence-corrected chi connectivity index (χ3v) is 4.68. The molecule has 4 nitrogen and oxygen atoms in total. The number of carbonyl (C=O) groups is 1. The average molecular weight is 435 g/mol. The molecule has 0 heterocycles. The number of ether oxygens (including phenoxy) is 1. The summed E-state index contributed by atoms with van der Waals surface area (Å²) in [6, 6.07) is 0. The fourth-order valence-corrected chi connectivity index (χ4v) is 2.78. The van der Waals surface area contributed by atoms with Crippen molar-refractivity contribution in [3.05, 3.63) is 12.2 Å². The highest BCUT2D eigenvalue weighted by molar-refractivity contribution is 5.86. The molecule has 176 valence electrons. The van der Waals surface area contributed by atoms with Gasteiger partial charge in [-0.2, -0.15) is 0 Å². The number of nitrogens with two attached hydrogens (primary N) is 1. The van der Waals surface area contributed by atoms with E-state index >= 15 is 0 Å². The number of carbonyl (C=O) groups excluding carboxylic acids is 1. The van der Waals surface area contributed by atoms with Crippen LogP contribution in [0.5, 0.6) is 0 Å². The molecule has 0 aromatic carbocycles. The molecule has 0 saturated carbocycles. The van der Waals surface area contributed by atoms with Gasteiger partial charge in [0.1, 0.15) is 6.61 Å². The Kier molecular flexibility index (Phi) is 31.3. The molecule has 29 heavy (non-hydrogen) atoms. The van der Waals surface area contributed by atoms with Gasteiger partial charge in [-0.05, 0) is 34.0 Å². The minimum absolute atomic E-state index is 0. The van der Waals surface area contributed by atoms with Crippen molar-refractivity contribution in [3.8, 4) is 0 Å². The summed E-state index contributed by atoms with van der Waals surface area (Å²) in [6.07, 6.45) is 19.9. The van der Waals surface area contributed by atoms with E-state index < -0.39 is 0 Å². The highest BCUT2D eigenvalue weighted by Crippen LogP contribution is 2.12. The summed E-state index contributed by atoms with van der Waals surface area (Å²) in [7, 11) is 3.85. The lowest BCUT2D eigenvalue weighted by atomic mass is 10.0. The van der Waals surface area contributed by atoms with E-state index in [4.69, 9.17) is 10.5 Å². The molecule has 0 fully saturated rings. The number of hydrogen-bond acceptors (Lipinski definition) is 4. The SMILES string of the molecule is C=C(C)C(=O)OCCN(C)C.CCCCCCCCCCCCCCCCN.Cl. The van der Waals surface area contributed by atoms with Crippen LogP contribution in [0, 0.1) is 0 Å². The molecule has 0 bridgehead atoms. The Labute approximate surface area is 188 Å². The van der Waals surface area contributed by atoms with Crippen LogP contribution in [0.15, 0.2) is 12.2 Å². The third kappa shape index (κ3) is 32.3. The zero-order valence-corrected chi connectivity index (χ0v) is 20.8. The third-order valence-electron chi connectivity index (χ3n) is 4.68. The summed E-state index contributed by atoms with van der Waals surface area (Å²) in [5.74, 6) is -0.313. The summed E-state index contributed by atoms with van der Waals surface area (Å²) in [4.78, 5) is 12.7. The molecular weight excluding hydrogens is 384 g/mol. The maximum absolute atomic E-state index is 10.8. The van der Waals surface area contributed by atoms with Crippen LogP contribution in [-0.4, -0.2) is 44.7 Å². The number of rotatable bonds is 18. The van der Waals surface area contributed by atoms with Crippen molar-refractivity contribution in [2.24, 2.45) is 5.73 Å². The van der Waals surface area contributed by atoms with Gasteiger partial charge in [0, 0.05) is 12.1 Å². The van der Waals surface area contributed by atoms with E-state index in [1.54, 1.807) is 6.92 Å². The maximum Gasteiger partial charge on any atom is 0.333 e. The Morgan fingerprint density at radius 1 is 0.828 bits per heavy atom. The second-order valence-electron chi connectivity index (χ2n) is 8.10. The smallest absolute Gasteiger partial charge is 0.333 e. The molecule has 0 aromatic heterocycles. The zero-order valence-electron chi connectivity index (χ0n) is 20.0. The predicted molar refractivity (Wildman–Crippen MR) is 131 cm³/mol. The number of nitrogens with zero attached hydrogens (tertiary/aromatic N) is 1. The van der Waals surface area contributed by atoms with E-state index in [9.17, 15) is 4.79 Å². The number of halogens is 1. The van der Waals surface area contributed by atoms with Gasteiger partial charge in [-0.1, -0.05) is 97.0 Å². The van der Waals surface area contributed by atoms with Crippen LogP contribution in [0.1, 0.15) is 104 Å². The lowest BCUT2D eigenvalue weighted by Crippen LogP contribution is -2.20. The van der Waals surface area contributed by atoms with Gasteiger partial charge >= 0.3 is 5.97 Å². The van der Waals surface area contributed by atoms with Gasteiger partial charge in [0.05, 0.1) is 0 Å². The quantitative estimate of drug-likeness (QED) is 0.151. The van der Waals surface area contributed by atoms with Gasteiger partial charge < -0.3 is 15.4 Å². The molecule has 0 saturated heterocycles. The van der Waals surface area contributed by atoms with Crippen LogP contribution in [0.4, 0.5) is 0 Å². The Morgan fingerprint density at radius 2 is 1.21 bits per heavy atom. The predicted octanol–water partition coefficient (Wildman–Crippen LogP) is 6.52. The number of likely N-dealkylation sites (N-methyl/N-ethyl adjacent to an activating group) is 1. The number of hydrogen-bond donors (Lipinski definition) is 1. The molecule has 0 amide bonds. The zero-order chi connectivity index (χ0) is 21.5. The first-order chi connectivity index (χ1) is 13.5. The lowest BCUT2D eigenvalue weighted by Gasteiger charge is -2.09. The van der Waals surface area contributed by atoms with E-state index in [2.05, 4.69) is 13.5 Å². The summed E-state index contributed by atoms with van der Waals surface area (Å²) in [5.41, 5.74) is 5.92. The normalized spacial score (nSPS) is 10.1. The van der Waals surface area contributed by atoms with Crippen LogP contribution in [0.2, 0.25) is 0 Å². The summed E-state index contributed by atoms with van der Waals surface area (Å²) in [6.45, 7) is 9.44.